The van der Waals surface area contributed by atoms with Gasteiger partial charge in [0, 0.05) is 55.4 Å². The third-order valence-electron chi connectivity index (χ3n) is 7.15. The maximum atomic E-state index is 14.0. The number of fused-ring (bicyclic) bond motifs is 3. The molecule has 0 atom stereocenters. The average molecular weight is 479 g/mol. The number of imidazole rings is 1. The minimum absolute atomic E-state index is 0.315. The standard InChI is InChI=1S/C30H27FN4O/c1-18(16-32)28-23-10-6-19(13-21(23)17-36-27-15-22(31)9-11-24(27)28)14-26-29(20-7-8-20)33-30-25(34(2)3)5-4-12-35(26)30/h4-6,9-13,15,20H,7-8,14,17H2,1-3H3. The molecule has 180 valence electrons. The van der Waals surface area contributed by atoms with Crippen molar-refractivity contribution in [1.82, 2.24) is 9.38 Å². The zero-order chi connectivity index (χ0) is 25.0. The Balaban J connectivity index is 1.45. The van der Waals surface area contributed by atoms with Gasteiger partial charge in [-0.25, -0.2) is 9.37 Å². The summed E-state index contributed by atoms with van der Waals surface area (Å²) in [6.07, 6.45) is 5.21. The highest BCUT2D eigenvalue weighted by Crippen LogP contribution is 2.43. The van der Waals surface area contributed by atoms with Crippen molar-refractivity contribution in [3.05, 3.63) is 99.8 Å². The van der Waals surface area contributed by atoms with Crippen LogP contribution in [-0.4, -0.2) is 23.5 Å². The minimum atomic E-state index is -0.355. The largest absolute Gasteiger partial charge is 0.488 e. The number of rotatable bonds is 4. The van der Waals surface area contributed by atoms with Gasteiger partial charge in [-0.3, -0.25) is 0 Å². The first-order chi connectivity index (χ1) is 17.4. The van der Waals surface area contributed by atoms with E-state index in [1.165, 1.54) is 36.4 Å². The second-order valence-corrected chi connectivity index (χ2v) is 9.91. The van der Waals surface area contributed by atoms with E-state index in [2.05, 4.69) is 51.9 Å². The van der Waals surface area contributed by atoms with Gasteiger partial charge in [-0.1, -0.05) is 18.2 Å². The van der Waals surface area contributed by atoms with Crippen molar-refractivity contribution in [1.29, 1.82) is 5.26 Å². The van der Waals surface area contributed by atoms with Crippen LogP contribution in [0, 0.1) is 17.1 Å². The number of anilines is 1. The van der Waals surface area contributed by atoms with Crippen molar-refractivity contribution >= 4 is 16.9 Å². The van der Waals surface area contributed by atoms with Crippen LogP contribution < -0.4 is 9.64 Å². The van der Waals surface area contributed by atoms with Crippen LogP contribution in [0.2, 0.25) is 0 Å². The third-order valence-corrected chi connectivity index (χ3v) is 7.15. The van der Waals surface area contributed by atoms with Crippen LogP contribution in [0.15, 0.2) is 60.3 Å². The van der Waals surface area contributed by atoms with Crippen LogP contribution in [0.3, 0.4) is 0 Å². The predicted octanol–water partition coefficient (Wildman–Crippen LogP) is 6.25. The Morgan fingerprint density at radius 2 is 1.97 bits per heavy atom. The van der Waals surface area contributed by atoms with E-state index in [-0.39, 0.29) is 5.82 Å². The number of aromatic nitrogens is 2. The van der Waals surface area contributed by atoms with Gasteiger partial charge in [0.1, 0.15) is 18.2 Å². The van der Waals surface area contributed by atoms with Gasteiger partial charge < -0.3 is 14.0 Å². The molecular formula is C30H27FN4O. The SMILES string of the molecule is CC(C#N)=C1c2ccc(Cc3c(C4CC4)nc4c(N(C)C)cccn34)cc2COc2cc(F)ccc21. The van der Waals surface area contributed by atoms with Crippen LogP contribution in [0.5, 0.6) is 5.75 Å². The molecule has 2 aromatic heterocycles. The highest BCUT2D eigenvalue weighted by molar-refractivity contribution is 5.88. The van der Waals surface area contributed by atoms with Crippen LogP contribution in [-0.2, 0) is 13.0 Å². The summed E-state index contributed by atoms with van der Waals surface area (Å²) in [7, 11) is 4.09. The molecule has 6 heteroatoms. The van der Waals surface area contributed by atoms with Crippen LogP contribution in [0.25, 0.3) is 11.2 Å². The van der Waals surface area contributed by atoms with E-state index in [1.807, 2.05) is 14.1 Å². The molecular weight excluding hydrogens is 451 g/mol. The van der Waals surface area contributed by atoms with E-state index in [0.29, 0.717) is 23.8 Å². The van der Waals surface area contributed by atoms with Gasteiger partial charge in [-0.15, -0.1) is 0 Å². The van der Waals surface area contributed by atoms with E-state index >= 15 is 0 Å². The Bertz CT molecular complexity index is 1590. The normalized spacial score (nSPS) is 16.0. The van der Waals surface area contributed by atoms with Gasteiger partial charge in [-0.2, -0.15) is 5.26 Å². The van der Waals surface area contributed by atoms with Gasteiger partial charge in [-0.05, 0) is 60.7 Å². The lowest BCUT2D eigenvalue weighted by Crippen LogP contribution is -2.10. The van der Waals surface area contributed by atoms with Crippen molar-refractivity contribution in [3.8, 4) is 11.8 Å². The van der Waals surface area contributed by atoms with E-state index in [0.717, 1.165) is 45.6 Å². The molecule has 3 heterocycles. The number of hydrogen-bond acceptors (Lipinski definition) is 4. The lowest BCUT2D eigenvalue weighted by Gasteiger charge is -2.14. The molecule has 0 radical (unpaired) electrons. The van der Waals surface area contributed by atoms with Gasteiger partial charge >= 0.3 is 0 Å². The number of ether oxygens (including phenoxy) is 1. The van der Waals surface area contributed by atoms with Gasteiger partial charge in [0.25, 0.3) is 0 Å². The first-order valence-corrected chi connectivity index (χ1v) is 12.3. The second-order valence-electron chi connectivity index (χ2n) is 9.91. The summed E-state index contributed by atoms with van der Waals surface area (Å²) in [4.78, 5) is 7.20. The molecule has 0 saturated heterocycles. The topological polar surface area (TPSA) is 53.6 Å². The summed E-state index contributed by atoms with van der Waals surface area (Å²) in [5, 5.41) is 9.72. The first kappa shape index (κ1) is 22.4. The molecule has 1 aliphatic heterocycles. The van der Waals surface area contributed by atoms with Crippen LogP contribution in [0.4, 0.5) is 10.1 Å². The second kappa shape index (κ2) is 8.53. The van der Waals surface area contributed by atoms with Crippen molar-refractivity contribution in [2.24, 2.45) is 0 Å². The molecule has 36 heavy (non-hydrogen) atoms. The number of allylic oxidation sites excluding steroid dienone is 1. The summed E-state index contributed by atoms with van der Waals surface area (Å²) >= 11 is 0. The zero-order valence-electron chi connectivity index (χ0n) is 20.7. The first-order valence-electron chi connectivity index (χ1n) is 12.3. The summed E-state index contributed by atoms with van der Waals surface area (Å²) in [6, 6.07) is 17.3. The lowest BCUT2D eigenvalue weighted by atomic mass is 9.89. The van der Waals surface area contributed by atoms with Crippen molar-refractivity contribution in [3.63, 3.8) is 0 Å². The molecule has 2 aliphatic rings. The Kier molecular flexibility index (Phi) is 5.30. The maximum Gasteiger partial charge on any atom is 0.160 e. The van der Waals surface area contributed by atoms with Crippen molar-refractivity contribution in [2.45, 2.75) is 38.7 Å². The number of hydrogen-bond donors (Lipinski definition) is 0. The number of pyridine rings is 1. The maximum absolute atomic E-state index is 14.0. The summed E-state index contributed by atoms with van der Waals surface area (Å²) in [5.74, 6) is 0.634. The monoisotopic (exact) mass is 478 g/mol. The Hall–Kier alpha value is -4.11. The fourth-order valence-electron chi connectivity index (χ4n) is 5.22. The predicted molar refractivity (Wildman–Crippen MR) is 139 cm³/mol. The summed E-state index contributed by atoms with van der Waals surface area (Å²) in [5.41, 5.74) is 9.74. The number of halogens is 1. The molecule has 0 amide bonds. The van der Waals surface area contributed by atoms with Gasteiger partial charge in [0.05, 0.1) is 23.1 Å². The van der Waals surface area contributed by atoms with Gasteiger partial charge in [0.15, 0.2) is 5.65 Å². The lowest BCUT2D eigenvalue weighted by molar-refractivity contribution is 0.305. The smallest absolute Gasteiger partial charge is 0.160 e. The number of benzene rings is 2. The van der Waals surface area contributed by atoms with Crippen molar-refractivity contribution in [2.75, 3.05) is 19.0 Å². The minimum Gasteiger partial charge on any atom is -0.488 e. The van der Waals surface area contributed by atoms with Crippen molar-refractivity contribution < 1.29 is 9.13 Å². The van der Waals surface area contributed by atoms with E-state index in [4.69, 9.17) is 9.72 Å². The molecule has 0 N–H and O–H groups in total. The number of nitriles is 1. The van der Waals surface area contributed by atoms with E-state index in [1.54, 1.807) is 13.0 Å². The van der Waals surface area contributed by atoms with Crippen LogP contribution >= 0.6 is 0 Å². The molecule has 5 nitrogen and oxygen atoms in total. The molecule has 0 unspecified atom stereocenters. The summed E-state index contributed by atoms with van der Waals surface area (Å²) < 4.78 is 22.3. The molecule has 6 rings (SSSR count). The molecule has 1 aliphatic carbocycles. The number of nitrogens with zero attached hydrogens (tertiary/aromatic N) is 4. The molecule has 2 aromatic carbocycles. The Labute approximate surface area is 210 Å². The molecule has 1 saturated carbocycles. The van der Waals surface area contributed by atoms with E-state index < -0.39 is 0 Å². The Morgan fingerprint density at radius 1 is 1.17 bits per heavy atom. The average Bonchev–Trinajstić information content (AvgIpc) is 3.67. The molecule has 4 aromatic rings. The molecule has 0 bridgehead atoms. The fourth-order valence-corrected chi connectivity index (χ4v) is 5.22. The Morgan fingerprint density at radius 3 is 2.72 bits per heavy atom. The summed E-state index contributed by atoms with van der Waals surface area (Å²) in [6.45, 7) is 2.11. The zero-order valence-corrected chi connectivity index (χ0v) is 20.7. The highest BCUT2D eigenvalue weighted by atomic mass is 19.1. The van der Waals surface area contributed by atoms with Crippen LogP contribution in [0.1, 0.15) is 59.3 Å². The van der Waals surface area contributed by atoms with Gasteiger partial charge in [0.2, 0.25) is 0 Å². The molecule has 1 fully saturated rings. The third kappa shape index (κ3) is 3.72. The molecule has 0 spiro atoms. The highest BCUT2D eigenvalue weighted by Gasteiger charge is 2.31. The van der Waals surface area contributed by atoms with E-state index in [9.17, 15) is 9.65 Å². The fraction of sp³-hybridized carbons (Fsp3) is 0.267. The quantitative estimate of drug-likeness (QED) is 0.326.